The second-order valence-electron chi connectivity index (χ2n) is 6.87. The summed E-state index contributed by atoms with van der Waals surface area (Å²) in [7, 11) is 0. The Kier molecular flexibility index (Phi) is 3.47. The van der Waals surface area contributed by atoms with Gasteiger partial charge in [-0.05, 0) is 36.8 Å². The van der Waals surface area contributed by atoms with Crippen LogP contribution in [0, 0.1) is 12.7 Å². The molecule has 0 aliphatic heterocycles. The molecule has 5 nitrogen and oxygen atoms in total. The number of hydrogen-bond donors (Lipinski definition) is 0. The zero-order chi connectivity index (χ0) is 18.5. The second kappa shape index (κ2) is 5.87. The Labute approximate surface area is 154 Å². The fraction of sp³-hybridized carbons (Fsp3) is 0.190. The van der Waals surface area contributed by atoms with Crippen LogP contribution in [0.3, 0.4) is 0 Å². The molecule has 0 spiro atoms. The van der Waals surface area contributed by atoms with E-state index in [0.717, 1.165) is 28.3 Å². The fourth-order valence-corrected chi connectivity index (χ4v) is 3.88. The van der Waals surface area contributed by atoms with Crippen LogP contribution in [0.2, 0.25) is 0 Å². The number of hydrogen-bond acceptors (Lipinski definition) is 4. The Morgan fingerprint density at radius 2 is 2.00 bits per heavy atom. The van der Waals surface area contributed by atoms with Gasteiger partial charge in [-0.3, -0.25) is 4.79 Å². The predicted octanol–water partition coefficient (Wildman–Crippen LogP) is 4.35. The zero-order valence-corrected chi connectivity index (χ0v) is 14.6. The molecule has 1 aromatic carbocycles. The monoisotopic (exact) mass is 361 g/mol. The van der Waals surface area contributed by atoms with Crippen molar-refractivity contribution in [2.24, 2.45) is 0 Å². The summed E-state index contributed by atoms with van der Waals surface area (Å²) in [5.74, 6) is 0.555. The van der Waals surface area contributed by atoms with Gasteiger partial charge in [-0.2, -0.15) is 5.10 Å². The Hall–Kier alpha value is -3.28. The number of Topliss-reactive ketones (excluding diaryl/α,β-unsaturated/α-hetero) is 1. The summed E-state index contributed by atoms with van der Waals surface area (Å²) >= 11 is 0. The van der Waals surface area contributed by atoms with E-state index in [0.29, 0.717) is 24.1 Å². The van der Waals surface area contributed by atoms with E-state index in [1.54, 1.807) is 29.1 Å². The van der Waals surface area contributed by atoms with Gasteiger partial charge in [0.1, 0.15) is 11.6 Å². The topological polar surface area (TPSA) is 60.4 Å². The van der Waals surface area contributed by atoms with E-state index >= 15 is 0 Å². The van der Waals surface area contributed by atoms with E-state index in [-0.39, 0.29) is 17.5 Å². The van der Waals surface area contributed by atoms with Crippen LogP contribution in [0.5, 0.6) is 0 Å². The first-order valence-corrected chi connectivity index (χ1v) is 8.81. The second-order valence-corrected chi connectivity index (χ2v) is 6.87. The lowest BCUT2D eigenvalue weighted by Crippen LogP contribution is -2.22. The highest BCUT2D eigenvalue weighted by atomic mass is 19.1. The van der Waals surface area contributed by atoms with Crippen molar-refractivity contribution in [2.45, 2.75) is 25.7 Å². The van der Waals surface area contributed by atoms with Gasteiger partial charge in [0, 0.05) is 30.5 Å². The Balaban J connectivity index is 1.69. The maximum atomic E-state index is 13.3. The largest absolute Gasteiger partial charge is 0.469 e. The summed E-state index contributed by atoms with van der Waals surface area (Å²) in [6.45, 7) is 1.90. The number of fused-ring (bicyclic) bond motifs is 3. The molecule has 134 valence electrons. The van der Waals surface area contributed by atoms with Gasteiger partial charge >= 0.3 is 0 Å². The minimum Gasteiger partial charge on any atom is -0.469 e. The standard InChI is InChI=1S/C21H16FN3O2/c1-12-20(13-4-6-15(22)7-5-13)21-23-11-16-17(25(21)24-12)9-14(10-18(16)26)19-3-2-8-27-19/h2-8,11,14H,9-10H2,1H3/t14-/m0/s1. The van der Waals surface area contributed by atoms with Crippen molar-refractivity contribution in [3.8, 4) is 11.1 Å². The Morgan fingerprint density at radius 3 is 2.74 bits per heavy atom. The van der Waals surface area contributed by atoms with Crippen LogP contribution in [0.15, 0.2) is 53.3 Å². The summed E-state index contributed by atoms with van der Waals surface area (Å²) < 4.78 is 20.6. The first kappa shape index (κ1) is 15.9. The van der Waals surface area contributed by atoms with E-state index in [2.05, 4.69) is 10.1 Å². The number of benzene rings is 1. The molecule has 1 aliphatic carbocycles. The van der Waals surface area contributed by atoms with Crippen molar-refractivity contribution < 1.29 is 13.6 Å². The predicted molar refractivity (Wildman–Crippen MR) is 97.2 cm³/mol. The summed E-state index contributed by atoms with van der Waals surface area (Å²) in [6.07, 6.45) is 4.32. The van der Waals surface area contributed by atoms with Gasteiger partial charge in [-0.15, -0.1) is 0 Å². The van der Waals surface area contributed by atoms with Crippen molar-refractivity contribution >= 4 is 11.4 Å². The fourth-order valence-electron chi connectivity index (χ4n) is 3.88. The van der Waals surface area contributed by atoms with Crippen LogP contribution in [0.1, 0.15) is 39.8 Å². The number of rotatable bonds is 2. The lowest BCUT2D eigenvalue weighted by atomic mass is 9.85. The van der Waals surface area contributed by atoms with Gasteiger partial charge in [0.05, 0.1) is 23.2 Å². The van der Waals surface area contributed by atoms with Gasteiger partial charge in [-0.1, -0.05) is 12.1 Å². The molecule has 5 rings (SSSR count). The highest BCUT2D eigenvalue weighted by Gasteiger charge is 2.31. The van der Waals surface area contributed by atoms with Crippen LogP contribution < -0.4 is 0 Å². The van der Waals surface area contributed by atoms with Crippen LogP contribution in [0.25, 0.3) is 16.8 Å². The molecule has 0 fully saturated rings. The van der Waals surface area contributed by atoms with E-state index in [4.69, 9.17) is 4.42 Å². The molecule has 3 aromatic heterocycles. The number of carbonyl (C=O) groups is 1. The molecule has 0 saturated heterocycles. The van der Waals surface area contributed by atoms with Crippen molar-refractivity contribution in [3.05, 3.63) is 77.4 Å². The van der Waals surface area contributed by atoms with E-state index in [1.807, 2.05) is 19.1 Å². The molecule has 0 amide bonds. The third-order valence-corrected chi connectivity index (χ3v) is 5.17. The molecule has 0 N–H and O–H groups in total. The lowest BCUT2D eigenvalue weighted by Gasteiger charge is -2.22. The van der Waals surface area contributed by atoms with Crippen LogP contribution >= 0.6 is 0 Å². The molecule has 0 radical (unpaired) electrons. The summed E-state index contributed by atoms with van der Waals surface area (Å²) in [5.41, 5.74) is 4.61. The van der Waals surface area contributed by atoms with Crippen LogP contribution in [0.4, 0.5) is 4.39 Å². The van der Waals surface area contributed by atoms with Gasteiger partial charge in [-0.25, -0.2) is 13.9 Å². The molecule has 4 aromatic rings. The van der Waals surface area contributed by atoms with Gasteiger partial charge < -0.3 is 4.42 Å². The summed E-state index contributed by atoms with van der Waals surface area (Å²) in [5, 5.41) is 4.65. The molecule has 27 heavy (non-hydrogen) atoms. The molecule has 1 atom stereocenters. The van der Waals surface area contributed by atoms with E-state index < -0.39 is 0 Å². The molecule has 1 aliphatic rings. The third-order valence-electron chi connectivity index (χ3n) is 5.17. The molecule has 0 unspecified atom stereocenters. The Morgan fingerprint density at radius 1 is 1.19 bits per heavy atom. The van der Waals surface area contributed by atoms with Crippen molar-refractivity contribution in [2.75, 3.05) is 0 Å². The van der Waals surface area contributed by atoms with Gasteiger partial charge in [0.25, 0.3) is 0 Å². The summed E-state index contributed by atoms with van der Waals surface area (Å²) in [6, 6.07) is 10.0. The maximum absolute atomic E-state index is 13.3. The maximum Gasteiger partial charge on any atom is 0.167 e. The minimum absolute atomic E-state index is 0.00984. The molecule has 0 saturated carbocycles. The normalized spacial score (nSPS) is 16.7. The van der Waals surface area contributed by atoms with Gasteiger partial charge in [0.15, 0.2) is 11.4 Å². The third kappa shape index (κ3) is 2.48. The zero-order valence-electron chi connectivity index (χ0n) is 14.6. The highest BCUT2D eigenvalue weighted by molar-refractivity contribution is 5.99. The highest BCUT2D eigenvalue weighted by Crippen LogP contribution is 2.35. The molecular weight excluding hydrogens is 345 g/mol. The van der Waals surface area contributed by atoms with Crippen molar-refractivity contribution in [1.82, 2.24) is 14.6 Å². The average Bonchev–Trinajstić information content (AvgIpc) is 3.30. The quantitative estimate of drug-likeness (QED) is 0.533. The number of halogens is 1. The minimum atomic E-state index is -0.287. The molecular formula is C21H16FN3O2. The summed E-state index contributed by atoms with van der Waals surface area (Å²) in [4.78, 5) is 17.2. The average molecular weight is 361 g/mol. The van der Waals surface area contributed by atoms with E-state index in [1.165, 1.54) is 12.1 Å². The van der Waals surface area contributed by atoms with E-state index in [9.17, 15) is 9.18 Å². The lowest BCUT2D eigenvalue weighted by molar-refractivity contribution is 0.0958. The van der Waals surface area contributed by atoms with Gasteiger partial charge in [0.2, 0.25) is 0 Å². The molecule has 3 heterocycles. The SMILES string of the molecule is Cc1nn2c3c(cnc2c1-c1ccc(F)cc1)C(=O)C[C@@H](c1ccco1)C3. The van der Waals surface area contributed by atoms with Crippen LogP contribution in [-0.2, 0) is 6.42 Å². The molecule has 6 heteroatoms. The molecule has 0 bridgehead atoms. The Bertz CT molecular complexity index is 1160. The number of carbonyl (C=O) groups excluding carboxylic acids is 1. The first-order valence-electron chi connectivity index (χ1n) is 8.81. The number of aryl methyl sites for hydroxylation is 1. The van der Waals surface area contributed by atoms with Crippen LogP contribution in [-0.4, -0.2) is 20.4 Å². The number of aromatic nitrogens is 3. The smallest absolute Gasteiger partial charge is 0.167 e. The number of nitrogens with zero attached hydrogens (tertiary/aromatic N) is 3. The van der Waals surface area contributed by atoms with Crippen molar-refractivity contribution in [1.29, 1.82) is 0 Å². The first-order chi connectivity index (χ1) is 13.1. The number of furan rings is 1. The number of ketones is 1. The van der Waals surface area contributed by atoms with Crippen molar-refractivity contribution in [3.63, 3.8) is 0 Å².